The van der Waals surface area contributed by atoms with Crippen LogP contribution in [0.5, 0.6) is 0 Å². The number of likely N-dealkylation sites (N-methyl/N-ethyl adjacent to an activating group) is 1. The quantitative estimate of drug-likeness (QED) is 0.778. The molecule has 3 nitrogen and oxygen atoms in total. The minimum Gasteiger partial charge on any atom is -0.380 e. The third-order valence-electron chi connectivity index (χ3n) is 3.60. The molecule has 17 heavy (non-hydrogen) atoms. The van der Waals surface area contributed by atoms with Gasteiger partial charge in [0.2, 0.25) is 0 Å². The first kappa shape index (κ1) is 14.9. The topological polar surface area (TPSA) is 30.5 Å². The zero-order chi connectivity index (χ0) is 13.1. The summed E-state index contributed by atoms with van der Waals surface area (Å²) in [5.41, 5.74) is -0.0957. The van der Waals surface area contributed by atoms with Crippen molar-refractivity contribution in [1.29, 1.82) is 0 Å². The second-order valence-corrected chi connectivity index (χ2v) is 6.10. The van der Waals surface area contributed by atoms with Gasteiger partial charge in [0.25, 0.3) is 0 Å². The predicted octanol–water partition coefficient (Wildman–Crippen LogP) is 2.59. The van der Waals surface area contributed by atoms with Crippen LogP contribution in [0.4, 0.5) is 0 Å². The highest BCUT2D eigenvalue weighted by molar-refractivity contribution is 4.99. The third kappa shape index (κ3) is 3.94. The summed E-state index contributed by atoms with van der Waals surface area (Å²) in [7, 11) is 0. The van der Waals surface area contributed by atoms with Crippen molar-refractivity contribution in [3.05, 3.63) is 0 Å². The van der Waals surface area contributed by atoms with Crippen LogP contribution < -0.4 is 5.32 Å². The molecule has 1 aliphatic heterocycles. The minimum atomic E-state index is -0.0760. The van der Waals surface area contributed by atoms with E-state index in [2.05, 4.69) is 39.9 Å². The average molecular weight is 243 g/mol. The molecule has 1 rings (SSSR count). The van der Waals surface area contributed by atoms with Crippen molar-refractivity contribution in [1.82, 2.24) is 5.32 Å². The summed E-state index contributed by atoms with van der Waals surface area (Å²) in [4.78, 5) is 0. The van der Waals surface area contributed by atoms with Gasteiger partial charge in [0.05, 0.1) is 17.8 Å². The smallest absolute Gasteiger partial charge is 0.0678 e. The highest BCUT2D eigenvalue weighted by Crippen LogP contribution is 2.43. The lowest BCUT2D eigenvalue weighted by molar-refractivity contribution is -0.0802. The fourth-order valence-corrected chi connectivity index (χ4v) is 3.06. The lowest BCUT2D eigenvalue weighted by Gasteiger charge is -2.33. The average Bonchev–Trinajstić information content (AvgIpc) is 2.41. The van der Waals surface area contributed by atoms with Crippen LogP contribution in [0.3, 0.4) is 0 Å². The second kappa shape index (κ2) is 5.68. The Bertz CT molecular complexity index is 238. The van der Waals surface area contributed by atoms with E-state index in [1.807, 2.05) is 6.92 Å². The molecule has 1 aliphatic rings. The van der Waals surface area contributed by atoms with Crippen LogP contribution in [0.15, 0.2) is 0 Å². The van der Waals surface area contributed by atoms with Crippen LogP contribution in [0, 0.1) is 5.92 Å². The fraction of sp³-hybridized carbons (Fsp3) is 1.00. The molecule has 1 N–H and O–H groups in total. The molecule has 1 heterocycles. The number of nitrogens with one attached hydrogen (secondary N) is 1. The molecule has 0 bridgehead atoms. The zero-order valence-corrected chi connectivity index (χ0v) is 12.3. The standard InChI is InChI=1S/C14H29NO2/c1-7-15-12(10-16-8-2)11-9-13(3,4)17-14(11,5)6/h11-12,15H,7-10H2,1-6H3. The highest BCUT2D eigenvalue weighted by Gasteiger charge is 2.48. The number of hydrogen-bond acceptors (Lipinski definition) is 3. The van der Waals surface area contributed by atoms with E-state index in [-0.39, 0.29) is 11.2 Å². The van der Waals surface area contributed by atoms with Crippen molar-refractivity contribution >= 4 is 0 Å². The molecule has 0 aromatic carbocycles. The zero-order valence-electron chi connectivity index (χ0n) is 12.3. The van der Waals surface area contributed by atoms with E-state index in [0.717, 1.165) is 26.2 Å². The fourth-order valence-electron chi connectivity index (χ4n) is 3.06. The first-order chi connectivity index (χ1) is 7.82. The molecule has 0 spiro atoms. The Kier molecular flexibility index (Phi) is 4.99. The van der Waals surface area contributed by atoms with Crippen molar-refractivity contribution in [2.45, 2.75) is 65.2 Å². The van der Waals surface area contributed by atoms with E-state index in [9.17, 15) is 0 Å². The second-order valence-electron chi connectivity index (χ2n) is 6.10. The van der Waals surface area contributed by atoms with Gasteiger partial charge in [0.15, 0.2) is 0 Å². The molecule has 1 saturated heterocycles. The molecule has 0 radical (unpaired) electrons. The van der Waals surface area contributed by atoms with Gasteiger partial charge in [0.1, 0.15) is 0 Å². The largest absolute Gasteiger partial charge is 0.380 e. The van der Waals surface area contributed by atoms with Crippen LogP contribution in [-0.2, 0) is 9.47 Å². The Hall–Kier alpha value is -0.120. The Balaban J connectivity index is 2.72. The molecule has 2 atom stereocenters. The van der Waals surface area contributed by atoms with Crippen LogP contribution in [0.1, 0.15) is 48.0 Å². The van der Waals surface area contributed by atoms with Gasteiger partial charge in [-0.25, -0.2) is 0 Å². The number of rotatable bonds is 6. The van der Waals surface area contributed by atoms with Crippen molar-refractivity contribution < 1.29 is 9.47 Å². The summed E-state index contributed by atoms with van der Waals surface area (Å²) in [6.07, 6.45) is 1.09. The molecular weight excluding hydrogens is 214 g/mol. The van der Waals surface area contributed by atoms with Crippen molar-refractivity contribution in [2.24, 2.45) is 5.92 Å². The number of hydrogen-bond donors (Lipinski definition) is 1. The predicted molar refractivity (Wildman–Crippen MR) is 71.3 cm³/mol. The number of ether oxygens (including phenoxy) is 2. The van der Waals surface area contributed by atoms with Crippen LogP contribution >= 0.6 is 0 Å². The summed E-state index contributed by atoms with van der Waals surface area (Å²) < 4.78 is 11.8. The molecule has 102 valence electrons. The molecule has 2 unspecified atom stereocenters. The van der Waals surface area contributed by atoms with E-state index >= 15 is 0 Å². The Morgan fingerprint density at radius 1 is 1.29 bits per heavy atom. The molecular formula is C14H29NO2. The molecule has 0 aliphatic carbocycles. The molecule has 0 aromatic heterocycles. The van der Waals surface area contributed by atoms with Crippen LogP contribution in [0.2, 0.25) is 0 Å². The van der Waals surface area contributed by atoms with Gasteiger partial charge < -0.3 is 14.8 Å². The molecule has 0 saturated carbocycles. The van der Waals surface area contributed by atoms with E-state index in [1.165, 1.54) is 0 Å². The summed E-state index contributed by atoms with van der Waals surface area (Å²) in [6.45, 7) is 15.5. The summed E-state index contributed by atoms with van der Waals surface area (Å²) in [6, 6.07) is 0.386. The summed E-state index contributed by atoms with van der Waals surface area (Å²) in [5.74, 6) is 0.504. The van der Waals surface area contributed by atoms with Gasteiger partial charge in [-0.05, 0) is 47.6 Å². The normalized spacial score (nSPS) is 28.2. The maximum Gasteiger partial charge on any atom is 0.0678 e. The van der Waals surface area contributed by atoms with Gasteiger partial charge in [-0.15, -0.1) is 0 Å². The van der Waals surface area contributed by atoms with Gasteiger partial charge in [-0.1, -0.05) is 6.92 Å². The van der Waals surface area contributed by atoms with Crippen LogP contribution in [0.25, 0.3) is 0 Å². The van der Waals surface area contributed by atoms with Crippen LogP contribution in [-0.4, -0.2) is 37.0 Å². The highest BCUT2D eigenvalue weighted by atomic mass is 16.5. The molecule has 1 fully saturated rings. The monoisotopic (exact) mass is 243 g/mol. The van der Waals surface area contributed by atoms with E-state index < -0.39 is 0 Å². The van der Waals surface area contributed by atoms with E-state index in [0.29, 0.717) is 12.0 Å². The van der Waals surface area contributed by atoms with Crippen molar-refractivity contribution in [2.75, 3.05) is 19.8 Å². The van der Waals surface area contributed by atoms with Crippen molar-refractivity contribution in [3.8, 4) is 0 Å². The maximum atomic E-state index is 6.16. The first-order valence-electron chi connectivity index (χ1n) is 6.83. The lowest BCUT2D eigenvalue weighted by atomic mass is 9.82. The third-order valence-corrected chi connectivity index (χ3v) is 3.60. The van der Waals surface area contributed by atoms with Gasteiger partial charge in [-0.3, -0.25) is 0 Å². The molecule has 0 amide bonds. The first-order valence-corrected chi connectivity index (χ1v) is 6.83. The van der Waals surface area contributed by atoms with Gasteiger partial charge >= 0.3 is 0 Å². The molecule has 0 aromatic rings. The van der Waals surface area contributed by atoms with Gasteiger partial charge in [0, 0.05) is 18.6 Å². The van der Waals surface area contributed by atoms with E-state index in [1.54, 1.807) is 0 Å². The van der Waals surface area contributed by atoms with Crippen molar-refractivity contribution in [3.63, 3.8) is 0 Å². The molecule has 3 heteroatoms. The summed E-state index contributed by atoms with van der Waals surface area (Å²) >= 11 is 0. The Labute approximate surface area is 106 Å². The minimum absolute atomic E-state index is 0.0198. The van der Waals surface area contributed by atoms with Gasteiger partial charge in [-0.2, -0.15) is 0 Å². The Morgan fingerprint density at radius 3 is 2.35 bits per heavy atom. The lowest BCUT2D eigenvalue weighted by Crippen LogP contribution is -2.46. The Morgan fingerprint density at radius 2 is 1.94 bits per heavy atom. The maximum absolute atomic E-state index is 6.16. The SMILES string of the molecule is CCNC(COCC)C1CC(C)(C)OC1(C)C. The van der Waals surface area contributed by atoms with E-state index in [4.69, 9.17) is 9.47 Å². The summed E-state index contributed by atoms with van der Waals surface area (Å²) in [5, 5.41) is 3.55.